The molecule has 0 aliphatic carbocycles. The van der Waals surface area contributed by atoms with Gasteiger partial charge in [-0.15, -0.1) is 0 Å². The van der Waals surface area contributed by atoms with Crippen molar-refractivity contribution < 1.29 is 9.59 Å². The van der Waals surface area contributed by atoms with E-state index < -0.39 is 0 Å². The predicted molar refractivity (Wildman–Crippen MR) is 63.4 cm³/mol. The second-order valence-corrected chi connectivity index (χ2v) is 4.13. The Hall–Kier alpha value is -1.91. The van der Waals surface area contributed by atoms with Crippen molar-refractivity contribution in [3.63, 3.8) is 0 Å². The largest absolute Gasteiger partial charge is 0.333 e. The Labute approximate surface area is 99.8 Å². The minimum Gasteiger partial charge on any atom is -0.333 e. The lowest BCUT2D eigenvalue weighted by atomic mass is 10.3. The van der Waals surface area contributed by atoms with Gasteiger partial charge in [0, 0.05) is 18.7 Å². The van der Waals surface area contributed by atoms with Crippen LogP contribution in [0, 0.1) is 6.92 Å². The molecule has 1 N–H and O–H groups in total. The van der Waals surface area contributed by atoms with Crippen LogP contribution < -0.4 is 5.32 Å². The first-order valence-corrected chi connectivity index (χ1v) is 5.66. The molecule has 1 fully saturated rings. The summed E-state index contributed by atoms with van der Waals surface area (Å²) in [6, 6.07) is 5.43. The summed E-state index contributed by atoms with van der Waals surface area (Å²) in [7, 11) is 0. The summed E-state index contributed by atoms with van der Waals surface area (Å²) in [5.41, 5.74) is 0.847. The van der Waals surface area contributed by atoms with Gasteiger partial charge < -0.3 is 10.2 Å². The van der Waals surface area contributed by atoms with Gasteiger partial charge in [0.1, 0.15) is 5.82 Å². The van der Waals surface area contributed by atoms with E-state index in [9.17, 15) is 9.59 Å². The van der Waals surface area contributed by atoms with E-state index in [0.29, 0.717) is 18.8 Å². The number of anilines is 1. The number of hydrogen-bond acceptors (Lipinski definition) is 3. The second kappa shape index (κ2) is 4.95. The van der Waals surface area contributed by atoms with Crippen molar-refractivity contribution in [1.82, 2.24) is 9.88 Å². The minimum atomic E-state index is -0.196. The molecule has 0 unspecified atom stereocenters. The summed E-state index contributed by atoms with van der Waals surface area (Å²) in [6.07, 6.45) is 1.39. The molecule has 1 aliphatic heterocycles. The smallest absolute Gasteiger partial charge is 0.245 e. The van der Waals surface area contributed by atoms with Crippen LogP contribution in [0.1, 0.15) is 18.5 Å². The fraction of sp³-hybridized carbons (Fsp3) is 0.417. The molecule has 1 saturated heterocycles. The number of amides is 2. The molecular weight excluding hydrogens is 218 g/mol. The number of rotatable bonds is 3. The number of likely N-dealkylation sites (tertiary alicyclic amines) is 1. The van der Waals surface area contributed by atoms with Gasteiger partial charge in [-0.05, 0) is 25.5 Å². The molecular formula is C12H15N3O2. The highest BCUT2D eigenvalue weighted by molar-refractivity contribution is 5.94. The summed E-state index contributed by atoms with van der Waals surface area (Å²) in [6.45, 7) is 2.65. The molecule has 0 spiro atoms. The number of nitrogens with one attached hydrogen (secondary N) is 1. The van der Waals surface area contributed by atoms with Crippen molar-refractivity contribution in [1.29, 1.82) is 0 Å². The van der Waals surface area contributed by atoms with E-state index in [0.717, 1.165) is 12.1 Å². The highest BCUT2D eigenvalue weighted by Crippen LogP contribution is 2.09. The highest BCUT2D eigenvalue weighted by atomic mass is 16.2. The fourth-order valence-electron chi connectivity index (χ4n) is 1.84. The molecule has 1 aromatic rings. The molecule has 0 bridgehead atoms. The van der Waals surface area contributed by atoms with E-state index in [1.165, 1.54) is 0 Å². The summed E-state index contributed by atoms with van der Waals surface area (Å²) in [5, 5.41) is 2.69. The lowest BCUT2D eigenvalue weighted by molar-refractivity contribution is -0.131. The van der Waals surface area contributed by atoms with Crippen LogP contribution in [-0.4, -0.2) is 34.8 Å². The number of hydrogen-bond donors (Lipinski definition) is 1. The van der Waals surface area contributed by atoms with Crippen molar-refractivity contribution >= 4 is 17.6 Å². The zero-order chi connectivity index (χ0) is 12.3. The number of nitrogens with zero attached hydrogens (tertiary/aromatic N) is 2. The van der Waals surface area contributed by atoms with Gasteiger partial charge in [-0.25, -0.2) is 4.98 Å². The first-order valence-electron chi connectivity index (χ1n) is 5.66. The Kier molecular flexibility index (Phi) is 3.37. The summed E-state index contributed by atoms with van der Waals surface area (Å²) in [5.74, 6) is 0.386. The third-order valence-corrected chi connectivity index (χ3v) is 2.66. The molecule has 5 nitrogen and oxygen atoms in total. The molecule has 2 amide bonds. The van der Waals surface area contributed by atoms with Gasteiger partial charge >= 0.3 is 0 Å². The van der Waals surface area contributed by atoms with Crippen LogP contribution in [0.4, 0.5) is 5.82 Å². The molecule has 17 heavy (non-hydrogen) atoms. The SMILES string of the molecule is Cc1cccc(NC(=O)CN2CCCC2=O)n1. The van der Waals surface area contributed by atoms with E-state index >= 15 is 0 Å². The van der Waals surface area contributed by atoms with Crippen molar-refractivity contribution in [2.24, 2.45) is 0 Å². The molecule has 0 radical (unpaired) electrons. The number of aryl methyl sites for hydroxylation is 1. The van der Waals surface area contributed by atoms with Crippen LogP contribution in [-0.2, 0) is 9.59 Å². The second-order valence-electron chi connectivity index (χ2n) is 4.13. The van der Waals surface area contributed by atoms with E-state index in [1.54, 1.807) is 11.0 Å². The Morgan fingerprint density at radius 1 is 1.53 bits per heavy atom. The van der Waals surface area contributed by atoms with Gasteiger partial charge in [-0.3, -0.25) is 9.59 Å². The normalized spacial score (nSPS) is 15.1. The van der Waals surface area contributed by atoms with E-state index in [4.69, 9.17) is 0 Å². The van der Waals surface area contributed by atoms with Crippen LogP contribution in [0.5, 0.6) is 0 Å². The lowest BCUT2D eigenvalue weighted by Crippen LogP contribution is -2.34. The Morgan fingerprint density at radius 2 is 2.35 bits per heavy atom. The van der Waals surface area contributed by atoms with E-state index in [2.05, 4.69) is 10.3 Å². The zero-order valence-corrected chi connectivity index (χ0v) is 9.77. The van der Waals surface area contributed by atoms with Crippen LogP contribution in [0.3, 0.4) is 0 Å². The van der Waals surface area contributed by atoms with Gasteiger partial charge in [-0.2, -0.15) is 0 Å². The number of aromatic nitrogens is 1. The quantitative estimate of drug-likeness (QED) is 0.845. The van der Waals surface area contributed by atoms with Gasteiger partial charge in [-0.1, -0.05) is 6.07 Å². The lowest BCUT2D eigenvalue weighted by Gasteiger charge is -2.14. The monoisotopic (exact) mass is 233 g/mol. The molecule has 0 aromatic carbocycles. The first-order chi connectivity index (χ1) is 8.15. The van der Waals surface area contributed by atoms with Crippen LogP contribution in [0.25, 0.3) is 0 Å². The molecule has 5 heteroatoms. The zero-order valence-electron chi connectivity index (χ0n) is 9.77. The molecule has 1 aromatic heterocycles. The van der Waals surface area contributed by atoms with Crippen LogP contribution in [0.15, 0.2) is 18.2 Å². The number of carbonyl (C=O) groups is 2. The van der Waals surface area contributed by atoms with Crippen molar-refractivity contribution in [2.75, 3.05) is 18.4 Å². The van der Waals surface area contributed by atoms with Gasteiger partial charge in [0.15, 0.2) is 0 Å². The molecule has 0 atom stereocenters. The summed E-state index contributed by atoms with van der Waals surface area (Å²) < 4.78 is 0. The number of pyridine rings is 1. The summed E-state index contributed by atoms with van der Waals surface area (Å²) in [4.78, 5) is 28.8. The maximum atomic E-state index is 11.7. The molecule has 0 saturated carbocycles. The van der Waals surface area contributed by atoms with Crippen molar-refractivity contribution in [3.05, 3.63) is 23.9 Å². The standard InChI is InChI=1S/C12H15N3O2/c1-9-4-2-5-10(13-9)14-11(16)8-15-7-3-6-12(15)17/h2,4-5H,3,6-8H2,1H3,(H,13,14,16). The average Bonchev–Trinajstić information content (AvgIpc) is 2.64. The molecule has 1 aliphatic rings. The average molecular weight is 233 g/mol. The van der Waals surface area contributed by atoms with E-state index in [1.807, 2.05) is 19.1 Å². The topological polar surface area (TPSA) is 62.3 Å². The summed E-state index contributed by atoms with van der Waals surface area (Å²) >= 11 is 0. The maximum Gasteiger partial charge on any atom is 0.245 e. The highest BCUT2D eigenvalue weighted by Gasteiger charge is 2.22. The third-order valence-electron chi connectivity index (χ3n) is 2.66. The van der Waals surface area contributed by atoms with Gasteiger partial charge in [0.2, 0.25) is 11.8 Å². The predicted octanol–water partition coefficient (Wildman–Crippen LogP) is 0.951. The molecule has 2 heterocycles. The molecule has 90 valence electrons. The maximum absolute atomic E-state index is 11.7. The minimum absolute atomic E-state index is 0.0531. The Balaban J connectivity index is 1.91. The fourth-order valence-corrected chi connectivity index (χ4v) is 1.84. The van der Waals surface area contributed by atoms with Crippen molar-refractivity contribution in [2.45, 2.75) is 19.8 Å². The van der Waals surface area contributed by atoms with Gasteiger partial charge in [0.05, 0.1) is 6.54 Å². The van der Waals surface area contributed by atoms with Crippen molar-refractivity contribution in [3.8, 4) is 0 Å². The molecule has 2 rings (SSSR count). The van der Waals surface area contributed by atoms with Gasteiger partial charge in [0.25, 0.3) is 0 Å². The van der Waals surface area contributed by atoms with Crippen LogP contribution >= 0.6 is 0 Å². The number of carbonyl (C=O) groups excluding carboxylic acids is 2. The van der Waals surface area contributed by atoms with Crippen LogP contribution in [0.2, 0.25) is 0 Å². The first kappa shape index (κ1) is 11.6. The third kappa shape index (κ3) is 3.03. The van der Waals surface area contributed by atoms with E-state index in [-0.39, 0.29) is 18.4 Å². The Morgan fingerprint density at radius 3 is 3.00 bits per heavy atom. The Bertz CT molecular complexity index is 445.